The molecule has 1 amide bonds. The topological polar surface area (TPSA) is 33.2 Å². The van der Waals surface area contributed by atoms with E-state index >= 15 is 0 Å². The highest BCUT2D eigenvalue weighted by molar-refractivity contribution is 5.92. The molecule has 0 bridgehead atoms. The van der Waals surface area contributed by atoms with Crippen LogP contribution in [0.25, 0.3) is 0 Å². The summed E-state index contributed by atoms with van der Waals surface area (Å²) in [6.45, 7) is 4.80. The number of nitrogens with zero attached hydrogens (tertiary/aromatic N) is 2. The Kier molecular flexibility index (Phi) is 4.28. The third-order valence-electron chi connectivity index (χ3n) is 2.30. The zero-order valence-corrected chi connectivity index (χ0v) is 9.66. The van der Waals surface area contributed by atoms with Crippen molar-refractivity contribution >= 4 is 5.91 Å². The highest BCUT2D eigenvalue weighted by Gasteiger charge is 2.11. The molecular weight excluding hydrogens is 188 g/mol. The highest BCUT2D eigenvalue weighted by atomic mass is 16.2. The van der Waals surface area contributed by atoms with Gasteiger partial charge in [-0.25, -0.2) is 4.98 Å². The molecule has 3 nitrogen and oxygen atoms in total. The maximum atomic E-state index is 11.9. The maximum absolute atomic E-state index is 11.9. The summed E-state index contributed by atoms with van der Waals surface area (Å²) in [5.41, 5.74) is 1.42. The number of amides is 1. The monoisotopic (exact) mass is 206 g/mol. The molecule has 0 aliphatic rings. The molecule has 1 aromatic rings. The van der Waals surface area contributed by atoms with Crippen molar-refractivity contribution in [2.24, 2.45) is 0 Å². The van der Waals surface area contributed by atoms with Gasteiger partial charge in [0.25, 0.3) is 5.91 Å². The van der Waals surface area contributed by atoms with Crippen molar-refractivity contribution < 1.29 is 4.79 Å². The predicted octanol–water partition coefficient (Wildman–Crippen LogP) is 2.26. The van der Waals surface area contributed by atoms with Crippen LogP contribution in [-0.4, -0.2) is 29.4 Å². The summed E-state index contributed by atoms with van der Waals surface area (Å²) in [5.74, 6) is 0.00662. The lowest BCUT2D eigenvalue weighted by molar-refractivity contribution is 0.0787. The summed E-state index contributed by atoms with van der Waals surface area (Å²) >= 11 is 0. The average molecular weight is 206 g/mol. The minimum atomic E-state index is 0.00662. The van der Waals surface area contributed by atoms with Gasteiger partial charge in [0, 0.05) is 19.3 Å². The van der Waals surface area contributed by atoms with Crippen molar-refractivity contribution in [3.8, 4) is 0 Å². The number of aryl methyl sites for hydroxylation is 1. The van der Waals surface area contributed by atoms with Crippen LogP contribution in [0.5, 0.6) is 0 Å². The third-order valence-corrected chi connectivity index (χ3v) is 2.30. The minimum Gasteiger partial charge on any atom is -0.340 e. The second-order valence-electron chi connectivity index (χ2n) is 3.74. The average Bonchev–Trinajstić information content (AvgIpc) is 2.24. The molecule has 0 radical (unpaired) electrons. The van der Waals surface area contributed by atoms with Crippen LogP contribution in [0.3, 0.4) is 0 Å². The van der Waals surface area contributed by atoms with Gasteiger partial charge in [0.2, 0.25) is 0 Å². The van der Waals surface area contributed by atoms with Crippen LogP contribution in [0.15, 0.2) is 18.2 Å². The van der Waals surface area contributed by atoms with E-state index in [9.17, 15) is 4.79 Å². The first-order chi connectivity index (χ1) is 7.15. The summed E-state index contributed by atoms with van der Waals surface area (Å²) in [7, 11) is 1.82. The Morgan fingerprint density at radius 3 is 2.80 bits per heavy atom. The molecule has 1 aromatic heterocycles. The van der Waals surface area contributed by atoms with Gasteiger partial charge in [0.15, 0.2) is 0 Å². The van der Waals surface area contributed by atoms with E-state index in [1.54, 1.807) is 11.0 Å². The van der Waals surface area contributed by atoms with E-state index in [4.69, 9.17) is 0 Å². The van der Waals surface area contributed by atoms with Crippen LogP contribution in [0.2, 0.25) is 0 Å². The molecule has 1 rings (SSSR count). The quantitative estimate of drug-likeness (QED) is 0.757. The summed E-state index contributed by atoms with van der Waals surface area (Å²) < 4.78 is 0. The van der Waals surface area contributed by atoms with Crippen molar-refractivity contribution in [2.75, 3.05) is 13.6 Å². The molecule has 0 N–H and O–H groups in total. The molecule has 82 valence electrons. The normalized spacial score (nSPS) is 10.1. The van der Waals surface area contributed by atoms with E-state index < -0.39 is 0 Å². The predicted molar refractivity (Wildman–Crippen MR) is 60.8 cm³/mol. The van der Waals surface area contributed by atoms with Crippen LogP contribution in [-0.2, 0) is 0 Å². The van der Waals surface area contributed by atoms with E-state index in [-0.39, 0.29) is 5.91 Å². The van der Waals surface area contributed by atoms with E-state index in [0.717, 1.165) is 25.1 Å². The molecule has 3 heteroatoms. The molecule has 0 saturated heterocycles. The van der Waals surface area contributed by atoms with Gasteiger partial charge in [0.1, 0.15) is 5.69 Å². The third kappa shape index (κ3) is 3.35. The summed E-state index contributed by atoms with van der Waals surface area (Å²) in [4.78, 5) is 17.8. The Balaban J connectivity index is 2.67. The van der Waals surface area contributed by atoms with E-state index in [1.807, 2.05) is 26.1 Å². The molecule has 0 unspecified atom stereocenters. The zero-order valence-electron chi connectivity index (χ0n) is 9.66. The van der Waals surface area contributed by atoms with Gasteiger partial charge in [-0.3, -0.25) is 4.79 Å². The van der Waals surface area contributed by atoms with Crippen molar-refractivity contribution in [2.45, 2.75) is 26.7 Å². The fourth-order valence-electron chi connectivity index (χ4n) is 1.35. The second-order valence-corrected chi connectivity index (χ2v) is 3.74. The lowest BCUT2D eigenvalue weighted by atomic mass is 10.2. The molecule has 15 heavy (non-hydrogen) atoms. The molecule has 1 heterocycles. The standard InChI is InChI=1S/C12H18N2O/c1-4-5-9-14(3)12(15)11-8-6-7-10(2)13-11/h6-8H,4-5,9H2,1-3H3. The minimum absolute atomic E-state index is 0.00662. The van der Waals surface area contributed by atoms with Crippen LogP contribution in [0.4, 0.5) is 0 Å². The number of unbranched alkanes of at least 4 members (excludes halogenated alkanes) is 1. The molecule has 0 saturated carbocycles. The lowest BCUT2D eigenvalue weighted by Gasteiger charge is -2.16. The zero-order chi connectivity index (χ0) is 11.3. The van der Waals surface area contributed by atoms with Crippen molar-refractivity contribution in [1.82, 2.24) is 9.88 Å². The number of aromatic nitrogens is 1. The van der Waals surface area contributed by atoms with Gasteiger partial charge in [0.05, 0.1) is 0 Å². The van der Waals surface area contributed by atoms with E-state index in [0.29, 0.717) is 5.69 Å². The summed E-state index contributed by atoms with van der Waals surface area (Å²) in [6, 6.07) is 5.52. The smallest absolute Gasteiger partial charge is 0.272 e. The summed E-state index contributed by atoms with van der Waals surface area (Å²) in [5, 5.41) is 0. The fourth-order valence-corrected chi connectivity index (χ4v) is 1.35. The molecule has 0 spiro atoms. The van der Waals surface area contributed by atoms with Crippen molar-refractivity contribution in [3.05, 3.63) is 29.6 Å². The van der Waals surface area contributed by atoms with Crippen LogP contribution >= 0.6 is 0 Å². The molecular formula is C12H18N2O. The van der Waals surface area contributed by atoms with Gasteiger partial charge < -0.3 is 4.90 Å². The molecule has 0 aliphatic carbocycles. The van der Waals surface area contributed by atoms with E-state index in [1.165, 1.54) is 0 Å². The number of rotatable bonds is 4. The lowest BCUT2D eigenvalue weighted by Crippen LogP contribution is -2.28. The van der Waals surface area contributed by atoms with Gasteiger partial charge >= 0.3 is 0 Å². The Morgan fingerprint density at radius 1 is 1.47 bits per heavy atom. The summed E-state index contributed by atoms with van der Waals surface area (Å²) in [6.07, 6.45) is 2.13. The first-order valence-electron chi connectivity index (χ1n) is 5.34. The number of carbonyl (C=O) groups is 1. The van der Waals surface area contributed by atoms with E-state index in [2.05, 4.69) is 11.9 Å². The molecule has 0 aromatic carbocycles. The van der Waals surface area contributed by atoms with Crippen LogP contribution in [0.1, 0.15) is 35.9 Å². The molecule has 0 fully saturated rings. The van der Waals surface area contributed by atoms with Crippen molar-refractivity contribution in [3.63, 3.8) is 0 Å². The number of hydrogen-bond donors (Lipinski definition) is 0. The molecule has 0 atom stereocenters. The fraction of sp³-hybridized carbons (Fsp3) is 0.500. The van der Waals surface area contributed by atoms with Gasteiger partial charge in [-0.1, -0.05) is 19.4 Å². The maximum Gasteiger partial charge on any atom is 0.272 e. The van der Waals surface area contributed by atoms with Gasteiger partial charge in [-0.05, 0) is 25.5 Å². The largest absolute Gasteiger partial charge is 0.340 e. The van der Waals surface area contributed by atoms with Crippen LogP contribution < -0.4 is 0 Å². The SMILES string of the molecule is CCCCN(C)C(=O)c1cccc(C)n1. The second kappa shape index (κ2) is 5.49. The number of hydrogen-bond acceptors (Lipinski definition) is 2. The Bertz CT molecular complexity index is 336. The van der Waals surface area contributed by atoms with Crippen LogP contribution in [0, 0.1) is 6.92 Å². The highest BCUT2D eigenvalue weighted by Crippen LogP contribution is 2.03. The van der Waals surface area contributed by atoms with Gasteiger partial charge in [-0.2, -0.15) is 0 Å². The van der Waals surface area contributed by atoms with Crippen molar-refractivity contribution in [1.29, 1.82) is 0 Å². The Morgan fingerprint density at radius 2 is 2.20 bits per heavy atom. The first-order valence-corrected chi connectivity index (χ1v) is 5.34. The number of carbonyl (C=O) groups excluding carboxylic acids is 1. The Hall–Kier alpha value is -1.38. The first kappa shape index (κ1) is 11.7. The Labute approximate surface area is 91.1 Å². The molecule has 0 aliphatic heterocycles. The number of pyridine rings is 1. The van der Waals surface area contributed by atoms with Gasteiger partial charge in [-0.15, -0.1) is 0 Å².